The van der Waals surface area contributed by atoms with Crippen molar-refractivity contribution in [2.45, 2.75) is 4.34 Å². The summed E-state index contributed by atoms with van der Waals surface area (Å²) in [6, 6.07) is 22.0. The summed E-state index contributed by atoms with van der Waals surface area (Å²) in [6.45, 7) is 0. The Kier molecular flexibility index (Phi) is 3.85. The molecule has 0 unspecified atom stereocenters. The van der Waals surface area contributed by atoms with Gasteiger partial charge in [-0.3, -0.25) is 4.79 Å². The first-order chi connectivity index (χ1) is 11.3. The van der Waals surface area contributed by atoms with Gasteiger partial charge in [0.05, 0.1) is 16.0 Å². The number of thioether (sulfide) groups is 1. The Morgan fingerprint density at radius 3 is 2.61 bits per heavy atom. The third-order valence-electron chi connectivity index (χ3n) is 3.67. The second kappa shape index (κ2) is 6.14. The SMILES string of the molecule is O=C(CSc1nc2ccccc2s1)c1ccc2ccccc2c1. The molecule has 2 nitrogen and oxygen atoms in total. The highest BCUT2D eigenvalue weighted by atomic mass is 32.2. The predicted octanol–water partition coefficient (Wildman–Crippen LogP) is 5.42. The molecule has 0 saturated heterocycles. The van der Waals surface area contributed by atoms with Crippen LogP contribution in [0.25, 0.3) is 21.0 Å². The zero-order valence-corrected chi connectivity index (χ0v) is 13.9. The number of nitrogens with zero attached hydrogens (tertiary/aromatic N) is 1. The van der Waals surface area contributed by atoms with Gasteiger partial charge in [-0.2, -0.15) is 0 Å². The maximum atomic E-state index is 12.4. The van der Waals surface area contributed by atoms with Crippen LogP contribution in [0.4, 0.5) is 0 Å². The number of fused-ring (bicyclic) bond motifs is 2. The van der Waals surface area contributed by atoms with Gasteiger partial charge in [0.15, 0.2) is 10.1 Å². The Morgan fingerprint density at radius 1 is 0.957 bits per heavy atom. The molecular weight excluding hydrogens is 322 g/mol. The molecule has 4 heteroatoms. The molecule has 112 valence electrons. The van der Waals surface area contributed by atoms with E-state index in [1.807, 2.05) is 54.6 Å². The van der Waals surface area contributed by atoms with Crippen LogP contribution in [0, 0.1) is 0 Å². The van der Waals surface area contributed by atoms with E-state index in [0.29, 0.717) is 5.75 Å². The van der Waals surface area contributed by atoms with Crippen LogP contribution in [0.2, 0.25) is 0 Å². The van der Waals surface area contributed by atoms with Crippen molar-refractivity contribution < 1.29 is 4.79 Å². The summed E-state index contributed by atoms with van der Waals surface area (Å²) in [6.07, 6.45) is 0. The van der Waals surface area contributed by atoms with Gasteiger partial charge in [-0.25, -0.2) is 4.98 Å². The number of ketones is 1. The Bertz CT molecular complexity index is 973. The van der Waals surface area contributed by atoms with Crippen molar-refractivity contribution in [3.63, 3.8) is 0 Å². The molecule has 3 aromatic carbocycles. The van der Waals surface area contributed by atoms with E-state index in [1.54, 1.807) is 11.3 Å². The van der Waals surface area contributed by atoms with Crippen LogP contribution < -0.4 is 0 Å². The highest BCUT2D eigenvalue weighted by molar-refractivity contribution is 8.01. The van der Waals surface area contributed by atoms with E-state index >= 15 is 0 Å². The summed E-state index contributed by atoms with van der Waals surface area (Å²) in [5, 5.41) is 2.26. The van der Waals surface area contributed by atoms with E-state index in [9.17, 15) is 4.79 Å². The number of para-hydroxylation sites is 1. The number of hydrogen-bond donors (Lipinski definition) is 0. The fourth-order valence-corrected chi connectivity index (χ4v) is 4.45. The van der Waals surface area contributed by atoms with Crippen molar-refractivity contribution >= 4 is 49.9 Å². The molecule has 0 fully saturated rings. The minimum absolute atomic E-state index is 0.139. The number of Topliss-reactive ketones (excluding diaryl/α,β-unsaturated/α-hetero) is 1. The fraction of sp³-hybridized carbons (Fsp3) is 0.0526. The van der Waals surface area contributed by atoms with Crippen LogP contribution in [0.5, 0.6) is 0 Å². The first-order valence-electron chi connectivity index (χ1n) is 7.30. The maximum Gasteiger partial charge on any atom is 0.173 e. The highest BCUT2D eigenvalue weighted by Crippen LogP contribution is 2.29. The smallest absolute Gasteiger partial charge is 0.173 e. The van der Waals surface area contributed by atoms with Gasteiger partial charge in [0.2, 0.25) is 0 Å². The topological polar surface area (TPSA) is 30.0 Å². The Hall–Kier alpha value is -2.17. The fourth-order valence-electron chi connectivity index (χ4n) is 2.49. The summed E-state index contributed by atoms with van der Waals surface area (Å²) in [4.78, 5) is 17.0. The van der Waals surface area contributed by atoms with Crippen LogP contribution in [-0.2, 0) is 0 Å². The second-order valence-corrected chi connectivity index (χ2v) is 7.47. The molecule has 0 aliphatic rings. The van der Waals surface area contributed by atoms with Gasteiger partial charge >= 0.3 is 0 Å². The first kappa shape index (κ1) is 14.4. The van der Waals surface area contributed by atoms with Gasteiger partial charge < -0.3 is 0 Å². The molecule has 0 N–H and O–H groups in total. The molecule has 4 aromatic rings. The minimum atomic E-state index is 0.139. The van der Waals surface area contributed by atoms with Crippen LogP contribution >= 0.6 is 23.1 Å². The quantitative estimate of drug-likeness (QED) is 0.368. The van der Waals surface area contributed by atoms with Gasteiger partial charge in [-0.05, 0) is 29.0 Å². The Balaban J connectivity index is 1.52. The normalized spacial score (nSPS) is 11.1. The number of hydrogen-bond acceptors (Lipinski definition) is 4. The zero-order chi connectivity index (χ0) is 15.6. The van der Waals surface area contributed by atoms with Gasteiger partial charge in [0.1, 0.15) is 0 Å². The molecule has 0 amide bonds. The molecule has 1 heterocycles. The number of rotatable bonds is 4. The summed E-state index contributed by atoms with van der Waals surface area (Å²) < 4.78 is 2.11. The number of carbonyl (C=O) groups excluding carboxylic acids is 1. The van der Waals surface area contributed by atoms with Crippen molar-refractivity contribution in [2.24, 2.45) is 0 Å². The molecule has 23 heavy (non-hydrogen) atoms. The Morgan fingerprint density at radius 2 is 1.74 bits per heavy atom. The molecule has 1 aromatic heterocycles. The lowest BCUT2D eigenvalue weighted by atomic mass is 10.1. The van der Waals surface area contributed by atoms with Crippen molar-refractivity contribution in [1.29, 1.82) is 0 Å². The molecule has 0 atom stereocenters. The molecule has 0 saturated carbocycles. The molecule has 0 aliphatic heterocycles. The predicted molar refractivity (Wildman–Crippen MR) is 98.6 cm³/mol. The third-order valence-corrected chi connectivity index (χ3v) is 5.85. The molecule has 0 radical (unpaired) electrons. The molecule has 0 aliphatic carbocycles. The van der Waals surface area contributed by atoms with Crippen molar-refractivity contribution in [2.75, 3.05) is 5.75 Å². The first-order valence-corrected chi connectivity index (χ1v) is 9.10. The second-order valence-electron chi connectivity index (χ2n) is 5.22. The average Bonchev–Trinajstić information content (AvgIpc) is 3.02. The standard InChI is InChI=1S/C19H13NOS2/c21-17(15-10-9-13-5-1-2-6-14(13)11-15)12-22-19-20-16-7-3-4-8-18(16)23-19/h1-11H,12H2. The summed E-state index contributed by atoms with van der Waals surface area (Å²) in [7, 11) is 0. The minimum Gasteiger partial charge on any atom is -0.293 e. The lowest BCUT2D eigenvalue weighted by Crippen LogP contribution is -2.01. The van der Waals surface area contributed by atoms with Gasteiger partial charge in [-0.1, -0.05) is 60.3 Å². The average molecular weight is 335 g/mol. The number of benzene rings is 3. The van der Waals surface area contributed by atoms with Gasteiger partial charge in [-0.15, -0.1) is 11.3 Å². The largest absolute Gasteiger partial charge is 0.293 e. The Labute approximate surface area is 142 Å². The molecule has 0 spiro atoms. The molecular formula is C19H13NOS2. The lowest BCUT2D eigenvalue weighted by Gasteiger charge is -2.02. The number of aromatic nitrogens is 1. The van der Waals surface area contributed by atoms with Gasteiger partial charge in [0, 0.05) is 5.56 Å². The number of thiazole rings is 1. The van der Waals surface area contributed by atoms with Gasteiger partial charge in [0.25, 0.3) is 0 Å². The third kappa shape index (κ3) is 3.00. The van der Waals surface area contributed by atoms with E-state index < -0.39 is 0 Å². The highest BCUT2D eigenvalue weighted by Gasteiger charge is 2.10. The van der Waals surface area contributed by atoms with Crippen LogP contribution in [0.1, 0.15) is 10.4 Å². The van der Waals surface area contributed by atoms with E-state index in [1.165, 1.54) is 11.8 Å². The summed E-state index contributed by atoms with van der Waals surface area (Å²) in [5.74, 6) is 0.554. The summed E-state index contributed by atoms with van der Waals surface area (Å²) >= 11 is 3.15. The molecule has 4 rings (SSSR count). The number of carbonyl (C=O) groups is 1. The molecule has 0 bridgehead atoms. The lowest BCUT2D eigenvalue weighted by molar-refractivity contribution is 0.102. The zero-order valence-electron chi connectivity index (χ0n) is 12.2. The van der Waals surface area contributed by atoms with Crippen molar-refractivity contribution in [1.82, 2.24) is 4.98 Å². The van der Waals surface area contributed by atoms with E-state index in [2.05, 4.69) is 17.1 Å². The maximum absolute atomic E-state index is 12.4. The van der Waals surface area contributed by atoms with Crippen LogP contribution in [0.15, 0.2) is 71.1 Å². The summed E-state index contributed by atoms with van der Waals surface area (Å²) in [5.41, 5.74) is 1.76. The monoisotopic (exact) mass is 335 g/mol. The van der Waals surface area contributed by atoms with Crippen LogP contribution in [-0.4, -0.2) is 16.5 Å². The van der Waals surface area contributed by atoms with E-state index in [0.717, 1.165) is 30.9 Å². The van der Waals surface area contributed by atoms with Crippen LogP contribution in [0.3, 0.4) is 0 Å². The van der Waals surface area contributed by atoms with Crippen molar-refractivity contribution in [3.05, 3.63) is 72.3 Å². The van der Waals surface area contributed by atoms with E-state index in [-0.39, 0.29) is 5.78 Å². The van der Waals surface area contributed by atoms with E-state index in [4.69, 9.17) is 0 Å². The van der Waals surface area contributed by atoms with Crippen molar-refractivity contribution in [3.8, 4) is 0 Å².